The first-order valence-corrected chi connectivity index (χ1v) is 12.5. The Morgan fingerprint density at radius 2 is 1.28 bits per heavy atom. The molecular formula is C29H23NO5S. The Morgan fingerprint density at radius 1 is 0.778 bits per heavy atom. The molecule has 4 aromatic rings. The molecule has 0 saturated heterocycles. The zero-order chi connectivity index (χ0) is 25.6. The molecule has 6 nitrogen and oxygen atoms in total. The second kappa shape index (κ2) is 10.5. The summed E-state index contributed by atoms with van der Waals surface area (Å²) in [6.45, 7) is 0. The van der Waals surface area contributed by atoms with Crippen LogP contribution in [-0.4, -0.2) is 24.4 Å². The molecule has 0 aromatic heterocycles. The van der Waals surface area contributed by atoms with Gasteiger partial charge in [-0.2, -0.15) is 0 Å². The third-order valence-electron chi connectivity index (χ3n) is 5.53. The first-order chi connectivity index (χ1) is 17.3. The van der Waals surface area contributed by atoms with E-state index < -0.39 is 27.1 Å². The van der Waals surface area contributed by atoms with Gasteiger partial charge in [0.2, 0.25) is 14.7 Å². The molecule has 0 saturated carbocycles. The normalized spacial score (nSPS) is 12.6. The van der Waals surface area contributed by atoms with Crippen molar-refractivity contribution in [2.75, 3.05) is 0 Å². The van der Waals surface area contributed by atoms with Gasteiger partial charge in [0.05, 0.1) is 11.3 Å². The summed E-state index contributed by atoms with van der Waals surface area (Å²) in [5.41, 5.74) is 8.16. The monoisotopic (exact) mass is 497 g/mol. The average Bonchev–Trinajstić information content (AvgIpc) is 2.90. The van der Waals surface area contributed by atoms with Crippen LogP contribution < -0.4 is 10.5 Å². The zero-order valence-corrected chi connectivity index (χ0v) is 20.0. The van der Waals surface area contributed by atoms with E-state index in [0.717, 1.165) is 16.9 Å². The molecule has 0 fully saturated rings. The topological polar surface area (TPSA) is 107 Å². The van der Waals surface area contributed by atoms with Gasteiger partial charge < -0.3 is 15.6 Å². The van der Waals surface area contributed by atoms with Gasteiger partial charge in [0, 0.05) is 5.56 Å². The second-order valence-corrected chi connectivity index (χ2v) is 10.2. The van der Waals surface area contributed by atoms with Crippen LogP contribution in [0.2, 0.25) is 0 Å². The zero-order valence-electron chi connectivity index (χ0n) is 19.2. The number of carboxylic acids is 1. The van der Waals surface area contributed by atoms with Crippen molar-refractivity contribution in [3.63, 3.8) is 0 Å². The van der Waals surface area contributed by atoms with Crippen LogP contribution in [0.5, 0.6) is 11.5 Å². The lowest BCUT2D eigenvalue weighted by Crippen LogP contribution is -2.54. The van der Waals surface area contributed by atoms with Gasteiger partial charge in [0.15, 0.2) is 0 Å². The van der Waals surface area contributed by atoms with E-state index in [1.807, 2.05) is 60.7 Å². The van der Waals surface area contributed by atoms with Gasteiger partial charge in [-0.15, -0.1) is 0 Å². The molecule has 1 atom stereocenters. The molecular weight excluding hydrogens is 474 g/mol. The van der Waals surface area contributed by atoms with Gasteiger partial charge in [-0.3, -0.25) is 0 Å². The molecule has 1 unspecified atom stereocenters. The van der Waals surface area contributed by atoms with Crippen LogP contribution in [0.1, 0.15) is 12.0 Å². The smallest absolute Gasteiger partial charge is 0.340 e. The van der Waals surface area contributed by atoms with Gasteiger partial charge in [-0.25, -0.2) is 13.2 Å². The van der Waals surface area contributed by atoms with Crippen LogP contribution in [0, 0.1) is 11.8 Å². The lowest BCUT2D eigenvalue weighted by Gasteiger charge is -2.22. The Morgan fingerprint density at radius 3 is 1.83 bits per heavy atom. The van der Waals surface area contributed by atoms with E-state index in [1.54, 1.807) is 36.4 Å². The number of rotatable bonds is 7. The number of aliphatic carboxylic acids is 1. The van der Waals surface area contributed by atoms with Crippen molar-refractivity contribution in [1.29, 1.82) is 0 Å². The van der Waals surface area contributed by atoms with Crippen molar-refractivity contribution in [2.24, 2.45) is 5.73 Å². The maximum absolute atomic E-state index is 13.2. The fraction of sp³-hybridized carbons (Fsp3) is 0.0690. The molecule has 0 spiro atoms. The van der Waals surface area contributed by atoms with Crippen molar-refractivity contribution in [1.82, 2.24) is 0 Å². The van der Waals surface area contributed by atoms with E-state index in [9.17, 15) is 18.3 Å². The largest absolute Gasteiger partial charge is 0.479 e. The van der Waals surface area contributed by atoms with Gasteiger partial charge >= 0.3 is 5.97 Å². The van der Waals surface area contributed by atoms with Gasteiger partial charge in [0.25, 0.3) is 0 Å². The Bertz CT molecular complexity index is 1510. The molecule has 0 aliphatic rings. The Kier molecular flexibility index (Phi) is 7.20. The third-order valence-corrected chi connectivity index (χ3v) is 7.70. The van der Waals surface area contributed by atoms with Crippen LogP contribution in [0.3, 0.4) is 0 Å². The van der Waals surface area contributed by atoms with Crippen molar-refractivity contribution >= 4 is 15.8 Å². The predicted octanol–water partition coefficient (Wildman–Crippen LogP) is 5.10. The van der Waals surface area contributed by atoms with Crippen LogP contribution >= 0.6 is 0 Å². The maximum atomic E-state index is 13.2. The highest BCUT2D eigenvalue weighted by molar-refractivity contribution is 7.93. The summed E-state index contributed by atoms with van der Waals surface area (Å²) in [6, 6.07) is 31.5. The molecule has 0 heterocycles. The highest BCUT2D eigenvalue weighted by Gasteiger charge is 2.48. The molecule has 0 radical (unpaired) electrons. The van der Waals surface area contributed by atoms with E-state index in [1.165, 1.54) is 12.1 Å². The standard InChI is InChI=1S/C29H23NO5S/c30-29(28(31)32,21-7-10-22-8-3-1-4-9-22)36(33,34)27-19-15-24(16-20-27)23-13-17-26(18-14-23)35-25-11-5-2-6-12-25/h1-6,8-9,11-20H,21,30H2,(H,31,32). The first kappa shape index (κ1) is 24.7. The number of para-hydroxylation sites is 1. The lowest BCUT2D eigenvalue weighted by atomic mass is 10.1. The van der Waals surface area contributed by atoms with Gasteiger partial charge in [0.1, 0.15) is 11.5 Å². The summed E-state index contributed by atoms with van der Waals surface area (Å²) >= 11 is 0. The molecule has 36 heavy (non-hydrogen) atoms. The van der Waals surface area contributed by atoms with E-state index in [4.69, 9.17) is 10.5 Å². The summed E-state index contributed by atoms with van der Waals surface area (Å²) < 4.78 is 32.2. The molecule has 0 bridgehead atoms. The Hall–Kier alpha value is -4.38. The SMILES string of the molecule is NC(CC#Cc1ccccc1)(C(=O)O)S(=O)(=O)c1ccc(-c2ccc(Oc3ccccc3)cc2)cc1. The number of hydrogen-bond acceptors (Lipinski definition) is 5. The summed E-state index contributed by atoms with van der Waals surface area (Å²) in [7, 11) is -4.44. The molecule has 180 valence electrons. The maximum Gasteiger partial charge on any atom is 0.340 e. The number of carbonyl (C=O) groups is 1. The van der Waals surface area contributed by atoms with Gasteiger partial charge in [-0.05, 0) is 59.7 Å². The van der Waals surface area contributed by atoms with E-state index >= 15 is 0 Å². The number of hydrogen-bond donors (Lipinski definition) is 2. The molecule has 0 aliphatic heterocycles. The average molecular weight is 498 g/mol. The second-order valence-electron chi connectivity index (χ2n) is 8.01. The molecule has 0 aliphatic carbocycles. The first-order valence-electron chi connectivity index (χ1n) is 11.0. The van der Waals surface area contributed by atoms with E-state index in [2.05, 4.69) is 11.8 Å². The fourth-order valence-corrected chi connectivity index (χ4v) is 4.87. The Balaban J connectivity index is 1.53. The van der Waals surface area contributed by atoms with Crippen LogP contribution in [0.25, 0.3) is 11.1 Å². The lowest BCUT2D eigenvalue weighted by molar-refractivity contribution is -0.139. The van der Waals surface area contributed by atoms with Crippen molar-refractivity contribution in [3.8, 4) is 34.5 Å². The minimum Gasteiger partial charge on any atom is -0.479 e. The minimum atomic E-state index is -4.44. The molecule has 4 aromatic carbocycles. The van der Waals surface area contributed by atoms with Crippen LogP contribution in [-0.2, 0) is 14.6 Å². The fourth-order valence-electron chi connectivity index (χ4n) is 3.46. The van der Waals surface area contributed by atoms with Crippen molar-refractivity contribution in [2.45, 2.75) is 16.2 Å². The summed E-state index contributed by atoms with van der Waals surface area (Å²) in [5.74, 6) is 5.09. The number of benzene rings is 4. The van der Waals surface area contributed by atoms with Crippen LogP contribution in [0.15, 0.2) is 114 Å². The van der Waals surface area contributed by atoms with E-state index in [-0.39, 0.29) is 4.90 Å². The molecule has 4 rings (SSSR count). The van der Waals surface area contributed by atoms with Crippen molar-refractivity contribution < 1.29 is 23.1 Å². The highest BCUT2D eigenvalue weighted by atomic mass is 32.2. The highest BCUT2D eigenvalue weighted by Crippen LogP contribution is 2.29. The molecule has 7 heteroatoms. The summed E-state index contributed by atoms with van der Waals surface area (Å²) in [4.78, 5) is 9.17. The summed E-state index contributed by atoms with van der Waals surface area (Å²) in [6.07, 6.45) is -0.565. The Labute approximate surface area is 209 Å². The summed E-state index contributed by atoms with van der Waals surface area (Å²) in [5, 5.41) is 9.71. The quantitative estimate of drug-likeness (QED) is 0.344. The number of ether oxygens (including phenoxy) is 1. The number of carboxylic acid groups (broad SMARTS) is 1. The van der Waals surface area contributed by atoms with E-state index in [0.29, 0.717) is 11.3 Å². The predicted molar refractivity (Wildman–Crippen MR) is 138 cm³/mol. The minimum absolute atomic E-state index is 0.193. The van der Waals surface area contributed by atoms with Crippen molar-refractivity contribution in [3.05, 3.63) is 115 Å². The van der Waals surface area contributed by atoms with Gasteiger partial charge in [-0.1, -0.05) is 72.5 Å². The number of sulfone groups is 1. The third kappa shape index (κ3) is 5.31. The number of nitrogens with two attached hydrogens (primary N) is 1. The van der Waals surface area contributed by atoms with Crippen LogP contribution in [0.4, 0.5) is 0 Å². The molecule has 0 amide bonds. The molecule has 3 N–H and O–H groups in total.